The second-order valence-electron chi connectivity index (χ2n) is 5.89. The molecule has 4 rings (SSSR count). The molecular weight excluding hydrogens is 316 g/mol. The van der Waals surface area contributed by atoms with Gasteiger partial charge in [-0.1, -0.05) is 54.1 Å². The van der Waals surface area contributed by atoms with Crippen molar-refractivity contribution in [3.63, 3.8) is 0 Å². The maximum atomic E-state index is 11.8. The van der Waals surface area contributed by atoms with Crippen LogP contribution in [0.2, 0.25) is 0 Å². The molecule has 2 heterocycles. The Morgan fingerprint density at radius 2 is 1.88 bits per heavy atom. The Labute approximate surface area is 144 Å². The van der Waals surface area contributed by atoms with E-state index in [1.54, 1.807) is 11.3 Å². The number of nitrogens with zero attached hydrogens (tertiary/aromatic N) is 2. The van der Waals surface area contributed by atoms with Crippen molar-refractivity contribution in [1.82, 2.24) is 9.38 Å². The molecule has 3 nitrogen and oxygen atoms in total. The summed E-state index contributed by atoms with van der Waals surface area (Å²) in [4.78, 5) is 17.4. The summed E-state index contributed by atoms with van der Waals surface area (Å²) in [6.07, 6.45) is 0.905. The van der Waals surface area contributed by atoms with Gasteiger partial charge in [0.05, 0.1) is 5.69 Å². The van der Waals surface area contributed by atoms with Crippen molar-refractivity contribution >= 4 is 22.6 Å². The molecule has 0 amide bonds. The van der Waals surface area contributed by atoms with Crippen LogP contribution in [0.5, 0.6) is 0 Å². The van der Waals surface area contributed by atoms with Gasteiger partial charge < -0.3 is 0 Å². The number of imidazole rings is 1. The molecule has 4 aromatic rings. The molecule has 0 radical (unpaired) electrons. The van der Waals surface area contributed by atoms with Crippen molar-refractivity contribution < 1.29 is 4.79 Å². The summed E-state index contributed by atoms with van der Waals surface area (Å²) in [5.74, 6) is 0. The summed E-state index contributed by atoms with van der Waals surface area (Å²) >= 11 is 1.56. The standard InChI is InChI=1S/C20H16N2OS/c1-13-8-9-16(14(2)10-13)18-12-24-20-21-19(17(11-23)22(18)20)15-6-4-3-5-7-15/h3-12H,1-2H3. The lowest BCUT2D eigenvalue weighted by atomic mass is 10.0. The van der Waals surface area contributed by atoms with E-state index in [-0.39, 0.29) is 0 Å². The SMILES string of the molecule is Cc1ccc(-c2csc3nc(-c4ccccc4)c(C=O)n23)c(C)c1. The first kappa shape index (κ1) is 14.8. The van der Waals surface area contributed by atoms with E-state index in [1.807, 2.05) is 34.7 Å². The van der Waals surface area contributed by atoms with Crippen LogP contribution in [-0.4, -0.2) is 15.7 Å². The zero-order valence-corrected chi connectivity index (χ0v) is 14.3. The van der Waals surface area contributed by atoms with Gasteiger partial charge in [-0.15, -0.1) is 11.3 Å². The number of aryl methyl sites for hydroxylation is 2. The maximum absolute atomic E-state index is 11.8. The Hall–Kier alpha value is -2.72. The fraction of sp³-hybridized carbons (Fsp3) is 0.100. The first-order valence-electron chi connectivity index (χ1n) is 7.77. The summed E-state index contributed by atoms with van der Waals surface area (Å²) in [5, 5.41) is 2.07. The third-order valence-corrected chi connectivity index (χ3v) is 5.04. The lowest BCUT2D eigenvalue weighted by Crippen LogP contribution is -1.95. The van der Waals surface area contributed by atoms with Crippen LogP contribution in [-0.2, 0) is 0 Å². The summed E-state index contributed by atoms with van der Waals surface area (Å²) in [6.45, 7) is 4.18. The molecule has 0 aliphatic carbocycles. The molecule has 0 fully saturated rings. The van der Waals surface area contributed by atoms with E-state index in [4.69, 9.17) is 4.98 Å². The Bertz CT molecular complexity index is 1040. The predicted octanol–water partition coefficient (Wildman–Crippen LogP) is 5.16. The first-order valence-corrected chi connectivity index (χ1v) is 8.65. The molecule has 2 aromatic heterocycles. The van der Waals surface area contributed by atoms with Crippen LogP contribution < -0.4 is 0 Å². The van der Waals surface area contributed by atoms with Gasteiger partial charge in [0.25, 0.3) is 0 Å². The Morgan fingerprint density at radius 3 is 2.58 bits per heavy atom. The highest BCUT2D eigenvalue weighted by atomic mass is 32.1. The molecule has 0 aliphatic heterocycles. The van der Waals surface area contributed by atoms with Gasteiger partial charge in [-0.05, 0) is 19.4 Å². The van der Waals surface area contributed by atoms with Gasteiger partial charge in [0.2, 0.25) is 0 Å². The van der Waals surface area contributed by atoms with Crippen LogP contribution in [0, 0.1) is 13.8 Å². The highest BCUT2D eigenvalue weighted by molar-refractivity contribution is 7.15. The van der Waals surface area contributed by atoms with Crippen LogP contribution in [0.25, 0.3) is 27.5 Å². The van der Waals surface area contributed by atoms with Gasteiger partial charge >= 0.3 is 0 Å². The fourth-order valence-electron chi connectivity index (χ4n) is 3.09. The highest BCUT2D eigenvalue weighted by Gasteiger charge is 2.19. The second kappa shape index (κ2) is 5.73. The molecule has 118 valence electrons. The summed E-state index contributed by atoms with van der Waals surface area (Å²) in [7, 11) is 0. The fourth-order valence-corrected chi connectivity index (χ4v) is 3.98. The molecule has 0 saturated heterocycles. The average molecular weight is 332 g/mol. The van der Waals surface area contributed by atoms with Gasteiger partial charge in [0, 0.05) is 16.5 Å². The van der Waals surface area contributed by atoms with Crippen LogP contribution in [0.15, 0.2) is 53.9 Å². The quantitative estimate of drug-likeness (QED) is 0.486. The largest absolute Gasteiger partial charge is 0.296 e. The van der Waals surface area contributed by atoms with Gasteiger partial charge in [0.1, 0.15) is 11.4 Å². The van der Waals surface area contributed by atoms with Crippen molar-refractivity contribution in [2.75, 3.05) is 0 Å². The predicted molar refractivity (Wildman–Crippen MR) is 98.8 cm³/mol. The smallest absolute Gasteiger partial charge is 0.195 e. The number of aldehydes is 1. The van der Waals surface area contributed by atoms with E-state index in [1.165, 1.54) is 11.1 Å². The number of carbonyl (C=O) groups excluding carboxylic acids is 1. The summed E-state index contributed by atoms with van der Waals surface area (Å²) < 4.78 is 1.97. The number of hydrogen-bond acceptors (Lipinski definition) is 3. The number of carbonyl (C=O) groups is 1. The summed E-state index contributed by atoms with van der Waals surface area (Å²) in [5.41, 5.74) is 6.88. The van der Waals surface area contributed by atoms with Crippen molar-refractivity contribution in [2.45, 2.75) is 13.8 Å². The number of benzene rings is 2. The van der Waals surface area contributed by atoms with Crippen LogP contribution in [0.3, 0.4) is 0 Å². The zero-order chi connectivity index (χ0) is 16.7. The van der Waals surface area contributed by atoms with E-state index in [0.29, 0.717) is 5.69 Å². The molecule has 4 heteroatoms. The first-order chi connectivity index (χ1) is 11.7. The van der Waals surface area contributed by atoms with E-state index in [9.17, 15) is 4.79 Å². The van der Waals surface area contributed by atoms with Gasteiger partial charge in [-0.25, -0.2) is 4.98 Å². The zero-order valence-electron chi connectivity index (χ0n) is 13.5. The average Bonchev–Trinajstić information content (AvgIpc) is 3.15. The number of aromatic nitrogens is 2. The molecule has 24 heavy (non-hydrogen) atoms. The Balaban J connectivity index is 1.99. The monoisotopic (exact) mass is 332 g/mol. The minimum atomic E-state index is 0.604. The topological polar surface area (TPSA) is 34.4 Å². The third-order valence-electron chi connectivity index (χ3n) is 4.22. The number of rotatable bonds is 3. The molecule has 0 atom stereocenters. The highest BCUT2D eigenvalue weighted by Crippen LogP contribution is 2.33. The molecule has 0 bridgehead atoms. The van der Waals surface area contributed by atoms with E-state index in [0.717, 1.165) is 33.8 Å². The minimum absolute atomic E-state index is 0.604. The number of fused-ring (bicyclic) bond motifs is 1. The molecule has 0 N–H and O–H groups in total. The van der Waals surface area contributed by atoms with Crippen molar-refractivity contribution in [1.29, 1.82) is 0 Å². The molecule has 2 aromatic carbocycles. The molecule has 0 unspecified atom stereocenters. The van der Waals surface area contributed by atoms with Crippen LogP contribution >= 0.6 is 11.3 Å². The van der Waals surface area contributed by atoms with Crippen LogP contribution in [0.1, 0.15) is 21.6 Å². The van der Waals surface area contributed by atoms with Gasteiger partial charge in [-0.2, -0.15) is 0 Å². The molecule has 0 spiro atoms. The molecular formula is C20H16N2OS. The van der Waals surface area contributed by atoms with E-state index in [2.05, 4.69) is 37.4 Å². The number of thiazole rings is 1. The van der Waals surface area contributed by atoms with Gasteiger partial charge in [0.15, 0.2) is 11.2 Å². The van der Waals surface area contributed by atoms with Crippen LogP contribution in [0.4, 0.5) is 0 Å². The van der Waals surface area contributed by atoms with E-state index >= 15 is 0 Å². The Morgan fingerprint density at radius 1 is 1.08 bits per heavy atom. The maximum Gasteiger partial charge on any atom is 0.195 e. The van der Waals surface area contributed by atoms with Crippen molar-refractivity contribution in [2.24, 2.45) is 0 Å². The molecule has 0 aliphatic rings. The lowest BCUT2D eigenvalue weighted by Gasteiger charge is -2.07. The Kier molecular flexibility index (Phi) is 3.54. The lowest BCUT2D eigenvalue weighted by molar-refractivity contribution is 0.111. The number of hydrogen-bond donors (Lipinski definition) is 0. The van der Waals surface area contributed by atoms with Gasteiger partial charge in [-0.3, -0.25) is 9.20 Å². The minimum Gasteiger partial charge on any atom is -0.296 e. The molecule has 0 saturated carbocycles. The summed E-state index contributed by atoms with van der Waals surface area (Å²) in [6, 6.07) is 16.2. The third kappa shape index (κ3) is 2.27. The second-order valence-corrected chi connectivity index (χ2v) is 6.72. The van der Waals surface area contributed by atoms with Crippen molar-refractivity contribution in [3.8, 4) is 22.5 Å². The normalized spacial score (nSPS) is 11.1. The van der Waals surface area contributed by atoms with E-state index < -0.39 is 0 Å². The van der Waals surface area contributed by atoms with Crippen molar-refractivity contribution in [3.05, 3.63) is 70.7 Å².